The van der Waals surface area contributed by atoms with Gasteiger partial charge in [0.1, 0.15) is 0 Å². The lowest BCUT2D eigenvalue weighted by atomic mass is 10.00. The van der Waals surface area contributed by atoms with Gasteiger partial charge in [0.15, 0.2) is 0 Å². The molecule has 0 unspecified atom stereocenters. The van der Waals surface area contributed by atoms with Crippen LogP contribution in [-0.2, 0) is 6.42 Å². The van der Waals surface area contributed by atoms with Crippen LogP contribution >= 0.6 is 0 Å². The number of rotatable bonds is 3. The monoisotopic (exact) mass is 190 g/mol. The van der Waals surface area contributed by atoms with Crippen molar-refractivity contribution in [3.05, 3.63) is 34.9 Å². The van der Waals surface area contributed by atoms with Gasteiger partial charge in [0.05, 0.1) is 5.84 Å². The van der Waals surface area contributed by atoms with Gasteiger partial charge >= 0.3 is 0 Å². The van der Waals surface area contributed by atoms with Gasteiger partial charge in [-0.25, -0.2) is 0 Å². The first-order valence-electron chi connectivity index (χ1n) is 5.01. The van der Waals surface area contributed by atoms with E-state index in [1.165, 1.54) is 16.7 Å². The Morgan fingerprint density at radius 1 is 1.29 bits per heavy atom. The van der Waals surface area contributed by atoms with E-state index in [4.69, 9.17) is 5.41 Å². The molecule has 0 aliphatic rings. The van der Waals surface area contributed by atoms with Gasteiger partial charge in [0, 0.05) is 13.0 Å². The van der Waals surface area contributed by atoms with Crippen molar-refractivity contribution in [2.45, 2.75) is 27.2 Å². The highest BCUT2D eigenvalue weighted by Crippen LogP contribution is 2.13. The number of hydrogen-bond donors (Lipinski definition) is 2. The van der Waals surface area contributed by atoms with Gasteiger partial charge < -0.3 is 5.32 Å². The summed E-state index contributed by atoms with van der Waals surface area (Å²) in [6.07, 6.45) is 0.715. The summed E-state index contributed by atoms with van der Waals surface area (Å²) in [4.78, 5) is 0. The third kappa shape index (κ3) is 2.59. The normalized spacial score (nSPS) is 9.93. The lowest BCUT2D eigenvalue weighted by Gasteiger charge is -2.10. The summed E-state index contributed by atoms with van der Waals surface area (Å²) in [6.45, 7) is 7.03. The van der Waals surface area contributed by atoms with Crippen LogP contribution in [0.5, 0.6) is 0 Å². The average Bonchev–Trinajstić information content (AvgIpc) is 2.12. The Labute approximate surface area is 85.9 Å². The fourth-order valence-corrected chi connectivity index (χ4v) is 1.58. The van der Waals surface area contributed by atoms with Crippen LogP contribution in [0.1, 0.15) is 23.6 Å². The van der Waals surface area contributed by atoms with Crippen molar-refractivity contribution in [3.63, 3.8) is 0 Å². The maximum Gasteiger partial charge on any atom is 0.0976 e. The molecule has 2 heteroatoms. The number of likely N-dealkylation sites (N-methyl/N-ethyl adjacent to an activating group) is 1. The summed E-state index contributed by atoms with van der Waals surface area (Å²) < 4.78 is 0. The lowest BCUT2D eigenvalue weighted by molar-refractivity contribution is 0.928. The van der Waals surface area contributed by atoms with Crippen LogP contribution in [0.15, 0.2) is 18.2 Å². The van der Waals surface area contributed by atoms with Gasteiger partial charge in [-0.1, -0.05) is 18.2 Å². The molecule has 0 radical (unpaired) electrons. The second kappa shape index (κ2) is 4.80. The molecule has 0 fully saturated rings. The summed E-state index contributed by atoms with van der Waals surface area (Å²) in [5.74, 6) is 0.602. The fraction of sp³-hybridized carbons (Fsp3) is 0.417. The molecule has 14 heavy (non-hydrogen) atoms. The molecule has 1 aromatic rings. The topological polar surface area (TPSA) is 35.9 Å². The number of amidine groups is 1. The van der Waals surface area contributed by atoms with Crippen LogP contribution in [0.3, 0.4) is 0 Å². The Bertz CT molecular complexity index is 309. The average molecular weight is 190 g/mol. The summed E-state index contributed by atoms with van der Waals surface area (Å²) in [5, 5.41) is 10.7. The van der Waals surface area contributed by atoms with Crippen LogP contribution in [0.2, 0.25) is 0 Å². The lowest BCUT2D eigenvalue weighted by Crippen LogP contribution is -2.24. The smallest absolute Gasteiger partial charge is 0.0976 e. The van der Waals surface area contributed by atoms with Crippen molar-refractivity contribution in [2.24, 2.45) is 0 Å². The zero-order valence-electron chi connectivity index (χ0n) is 9.15. The molecule has 1 rings (SSSR count). The van der Waals surface area contributed by atoms with E-state index in [2.05, 4.69) is 37.4 Å². The zero-order chi connectivity index (χ0) is 10.6. The predicted molar refractivity (Wildman–Crippen MR) is 61.0 cm³/mol. The van der Waals surface area contributed by atoms with E-state index in [0.29, 0.717) is 12.3 Å². The molecule has 0 saturated carbocycles. The first-order chi connectivity index (χ1) is 6.65. The van der Waals surface area contributed by atoms with Crippen molar-refractivity contribution in [1.82, 2.24) is 5.32 Å². The Hall–Kier alpha value is -1.31. The molecule has 0 heterocycles. The molecule has 0 spiro atoms. The molecular weight excluding hydrogens is 172 g/mol. The third-order valence-corrected chi connectivity index (χ3v) is 2.39. The number of hydrogen-bond acceptors (Lipinski definition) is 1. The van der Waals surface area contributed by atoms with Crippen molar-refractivity contribution in [1.29, 1.82) is 5.41 Å². The molecule has 2 nitrogen and oxygen atoms in total. The molecule has 0 bridgehead atoms. The molecule has 2 N–H and O–H groups in total. The van der Waals surface area contributed by atoms with E-state index in [-0.39, 0.29) is 0 Å². The number of aryl methyl sites for hydroxylation is 2. The molecule has 0 atom stereocenters. The van der Waals surface area contributed by atoms with Crippen molar-refractivity contribution >= 4 is 5.84 Å². The van der Waals surface area contributed by atoms with E-state index >= 15 is 0 Å². The highest BCUT2D eigenvalue weighted by atomic mass is 14.9. The van der Waals surface area contributed by atoms with Gasteiger partial charge in [-0.05, 0) is 37.5 Å². The van der Waals surface area contributed by atoms with E-state index < -0.39 is 0 Å². The standard InChI is InChI=1S/C12H18N2/c1-4-14-12(13)8-11-9(2)6-5-7-10(11)3/h5-7H,4,8H2,1-3H3,(H2,13,14). The Balaban J connectivity index is 2.80. The third-order valence-electron chi connectivity index (χ3n) is 2.39. The molecule has 76 valence electrons. The number of nitrogens with one attached hydrogen (secondary N) is 2. The molecule has 0 aliphatic carbocycles. The molecule has 0 amide bonds. The molecule has 0 aromatic heterocycles. The predicted octanol–water partition coefficient (Wildman–Crippen LogP) is 2.43. The number of benzene rings is 1. The second-order valence-electron chi connectivity index (χ2n) is 3.56. The Morgan fingerprint density at radius 3 is 2.36 bits per heavy atom. The van der Waals surface area contributed by atoms with E-state index in [1.54, 1.807) is 0 Å². The van der Waals surface area contributed by atoms with Gasteiger partial charge in [-0.3, -0.25) is 5.41 Å². The SMILES string of the molecule is CCNC(=N)Cc1c(C)cccc1C. The van der Waals surface area contributed by atoms with Crippen LogP contribution < -0.4 is 5.32 Å². The van der Waals surface area contributed by atoms with Crippen molar-refractivity contribution in [3.8, 4) is 0 Å². The molecular formula is C12H18N2. The largest absolute Gasteiger partial charge is 0.374 e. The Kier molecular flexibility index (Phi) is 3.69. The van der Waals surface area contributed by atoms with E-state index in [9.17, 15) is 0 Å². The molecule has 0 saturated heterocycles. The minimum Gasteiger partial charge on any atom is -0.374 e. The maximum absolute atomic E-state index is 7.71. The molecule has 1 aromatic carbocycles. The Morgan fingerprint density at radius 2 is 1.86 bits per heavy atom. The fourth-order valence-electron chi connectivity index (χ4n) is 1.58. The second-order valence-corrected chi connectivity index (χ2v) is 3.56. The first-order valence-corrected chi connectivity index (χ1v) is 5.01. The van der Waals surface area contributed by atoms with Gasteiger partial charge in [-0.15, -0.1) is 0 Å². The highest BCUT2D eigenvalue weighted by molar-refractivity contribution is 5.81. The quantitative estimate of drug-likeness (QED) is 0.557. The molecule has 0 aliphatic heterocycles. The maximum atomic E-state index is 7.71. The minimum absolute atomic E-state index is 0.602. The van der Waals surface area contributed by atoms with Crippen LogP contribution in [0.4, 0.5) is 0 Å². The van der Waals surface area contributed by atoms with E-state index in [0.717, 1.165) is 6.54 Å². The van der Waals surface area contributed by atoms with Crippen molar-refractivity contribution in [2.75, 3.05) is 6.54 Å². The van der Waals surface area contributed by atoms with Gasteiger partial charge in [-0.2, -0.15) is 0 Å². The van der Waals surface area contributed by atoms with Gasteiger partial charge in [0.25, 0.3) is 0 Å². The van der Waals surface area contributed by atoms with Crippen LogP contribution in [0, 0.1) is 19.3 Å². The summed E-state index contributed by atoms with van der Waals surface area (Å²) >= 11 is 0. The highest BCUT2D eigenvalue weighted by Gasteiger charge is 2.04. The van der Waals surface area contributed by atoms with Crippen molar-refractivity contribution < 1.29 is 0 Å². The first kappa shape index (κ1) is 10.8. The summed E-state index contributed by atoms with van der Waals surface area (Å²) in [7, 11) is 0. The van der Waals surface area contributed by atoms with Crippen LogP contribution in [-0.4, -0.2) is 12.4 Å². The summed E-state index contributed by atoms with van der Waals surface area (Å²) in [5.41, 5.74) is 3.82. The zero-order valence-corrected chi connectivity index (χ0v) is 9.15. The van der Waals surface area contributed by atoms with Gasteiger partial charge in [0.2, 0.25) is 0 Å². The van der Waals surface area contributed by atoms with E-state index in [1.807, 2.05) is 6.92 Å². The minimum atomic E-state index is 0.602. The van der Waals surface area contributed by atoms with Crippen LogP contribution in [0.25, 0.3) is 0 Å². The summed E-state index contributed by atoms with van der Waals surface area (Å²) in [6, 6.07) is 6.26.